The summed E-state index contributed by atoms with van der Waals surface area (Å²) in [6, 6.07) is 1.99. The van der Waals surface area contributed by atoms with Gasteiger partial charge in [0, 0.05) is 9.85 Å². The van der Waals surface area contributed by atoms with Crippen LogP contribution in [0.2, 0.25) is 5.15 Å². The molecule has 0 aliphatic carbocycles. The van der Waals surface area contributed by atoms with Gasteiger partial charge in [-0.05, 0) is 44.3 Å². The molecule has 2 heterocycles. The summed E-state index contributed by atoms with van der Waals surface area (Å²) in [6.45, 7) is 2.04. The lowest BCUT2D eigenvalue weighted by atomic mass is 10.3. The fraction of sp³-hybridized carbons (Fsp3) is 0.200. The number of aromatic nitrogens is 2. The molecule has 0 saturated heterocycles. The zero-order valence-electron chi connectivity index (χ0n) is 8.30. The van der Waals surface area contributed by atoms with Crippen molar-refractivity contribution in [1.82, 2.24) is 9.97 Å². The van der Waals surface area contributed by atoms with Gasteiger partial charge in [0.25, 0.3) is 0 Å². The van der Waals surface area contributed by atoms with Crippen molar-refractivity contribution >= 4 is 54.8 Å². The molecule has 16 heavy (non-hydrogen) atoms. The highest BCUT2D eigenvalue weighted by Gasteiger charge is 2.12. The van der Waals surface area contributed by atoms with Crippen molar-refractivity contribution in [3.05, 3.63) is 31.2 Å². The molecule has 0 bridgehead atoms. The lowest BCUT2D eigenvalue weighted by molar-refractivity contribution is 0.993. The second-order valence-corrected chi connectivity index (χ2v) is 6.06. The molecule has 0 aliphatic rings. The summed E-state index contributed by atoms with van der Waals surface area (Å²) in [5.74, 6) is 0.681. The second kappa shape index (κ2) is 5.12. The lowest BCUT2D eigenvalue weighted by Gasteiger charge is -2.04. The van der Waals surface area contributed by atoms with E-state index in [-0.39, 0.29) is 0 Å². The molecule has 0 unspecified atom stereocenters. The van der Waals surface area contributed by atoms with Crippen molar-refractivity contribution in [1.29, 1.82) is 0 Å². The van der Waals surface area contributed by atoms with Gasteiger partial charge in [0.15, 0.2) is 5.82 Å². The third-order valence-corrected chi connectivity index (χ3v) is 5.02. The average molecular weight is 383 g/mol. The predicted octanol–water partition coefficient (Wildman–Crippen LogP) is 4.95. The number of aryl methyl sites for hydroxylation is 1. The fourth-order valence-corrected chi connectivity index (χ4v) is 3.24. The zero-order chi connectivity index (χ0) is 11.7. The summed E-state index contributed by atoms with van der Waals surface area (Å²) in [4.78, 5) is 9.75. The van der Waals surface area contributed by atoms with E-state index in [0.29, 0.717) is 11.0 Å². The minimum Gasteiger partial charge on any atom is -0.231 e. The topological polar surface area (TPSA) is 25.8 Å². The van der Waals surface area contributed by atoms with Gasteiger partial charge < -0.3 is 0 Å². The molecule has 0 aromatic carbocycles. The summed E-state index contributed by atoms with van der Waals surface area (Å²) >= 11 is 14.4. The fourth-order valence-electron chi connectivity index (χ4n) is 1.24. The van der Waals surface area contributed by atoms with E-state index in [1.165, 1.54) is 0 Å². The van der Waals surface area contributed by atoms with Crippen molar-refractivity contribution in [3.63, 3.8) is 0 Å². The molecule has 0 aliphatic heterocycles. The number of hydrogen-bond donors (Lipinski definition) is 0. The van der Waals surface area contributed by atoms with E-state index in [0.717, 1.165) is 25.9 Å². The highest BCUT2D eigenvalue weighted by molar-refractivity contribution is 9.10. The minimum atomic E-state index is 0.464. The molecule has 0 saturated carbocycles. The molecule has 0 fully saturated rings. The Kier molecular flexibility index (Phi) is 4.00. The molecule has 0 radical (unpaired) electrons. The maximum Gasteiger partial charge on any atom is 0.171 e. The Morgan fingerprint density at radius 1 is 1.38 bits per heavy atom. The van der Waals surface area contributed by atoms with Crippen LogP contribution in [0.15, 0.2) is 20.4 Å². The Morgan fingerprint density at radius 2 is 2.12 bits per heavy atom. The van der Waals surface area contributed by atoms with Gasteiger partial charge in [0.2, 0.25) is 0 Å². The van der Waals surface area contributed by atoms with E-state index < -0.39 is 0 Å². The molecule has 0 atom stereocenters. The number of halogens is 3. The first kappa shape index (κ1) is 12.5. The Labute approximate surface area is 119 Å². The van der Waals surface area contributed by atoms with Gasteiger partial charge in [-0.15, -0.1) is 11.3 Å². The zero-order valence-corrected chi connectivity index (χ0v) is 13.0. The molecule has 2 aromatic heterocycles. The van der Waals surface area contributed by atoms with E-state index in [2.05, 4.69) is 41.8 Å². The highest BCUT2D eigenvalue weighted by Crippen LogP contribution is 2.31. The summed E-state index contributed by atoms with van der Waals surface area (Å²) in [7, 11) is 0. The molecule has 84 valence electrons. The van der Waals surface area contributed by atoms with Gasteiger partial charge in [-0.1, -0.05) is 18.5 Å². The molecule has 2 nitrogen and oxygen atoms in total. The van der Waals surface area contributed by atoms with Crippen LogP contribution >= 0.6 is 54.8 Å². The molecular weight excluding hydrogens is 375 g/mol. The van der Waals surface area contributed by atoms with Crippen LogP contribution in [0, 0.1) is 0 Å². The molecule has 2 aromatic rings. The monoisotopic (exact) mass is 380 g/mol. The third kappa shape index (κ3) is 2.47. The van der Waals surface area contributed by atoms with Crippen LogP contribution in [-0.2, 0) is 6.42 Å². The van der Waals surface area contributed by atoms with Crippen LogP contribution in [0.3, 0.4) is 0 Å². The van der Waals surface area contributed by atoms with Crippen molar-refractivity contribution < 1.29 is 0 Å². The number of hydrogen-bond acceptors (Lipinski definition) is 3. The maximum absolute atomic E-state index is 6.05. The Bertz CT molecular complexity index is 528. The van der Waals surface area contributed by atoms with E-state index >= 15 is 0 Å². The minimum absolute atomic E-state index is 0.464. The summed E-state index contributed by atoms with van der Waals surface area (Å²) in [6.07, 6.45) is 0.822. The molecule has 2 rings (SSSR count). The van der Waals surface area contributed by atoms with Crippen LogP contribution in [0.4, 0.5) is 0 Å². The van der Waals surface area contributed by atoms with Gasteiger partial charge in [-0.3, -0.25) is 0 Å². The maximum atomic E-state index is 6.05. The molecular formula is C10H7Br2ClN2S. The van der Waals surface area contributed by atoms with Crippen LogP contribution in [-0.4, -0.2) is 9.97 Å². The number of rotatable bonds is 2. The molecule has 0 spiro atoms. The quantitative estimate of drug-likeness (QED) is 0.687. The van der Waals surface area contributed by atoms with Gasteiger partial charge in [-0.25, -0.2) is 9.97 Å². The van der Waals surface area contributed by atoms with Gasteiger partial charge >= 0.3 is 0 Å². The van der Waals surface area contributed by atoms with Crippen molar-refractivity contribution in [2.75, 3.05) is 0 Å². The Balaban J connectivity index is 2.54. The number of nitrogens with zero attached hydrogens (tertiary/aromatic N) is 2. The van der Waals surface area contributed by atoms with Crippen molar-refractivity contribution in [2.24, 2.45) is 0 Å². The first-order valence-corrected chi connectivity index (χ1v) is 7.42. The van der Waals surface area contributed by atoms with Crippen molar-refractivity contribution in [3.8, 4) is 10.7 Å². The van der Waals surface area contributed by atoms with Crippen LogP contribution in [0.5, 0.6) is 0 Å². The van der Waals surface area contributed by atoms with Gasteiger partial charge in [0.05, 0.1) is 15.0 Å². The van der Waals surface area contributed by atoms with Crippen LogP contribution < -0.4 is 0 Å². The van der Waals surface area contributed by atoms with Gasteiger partial charge in [-0.2, -0.15) is 0 Å². The highest BCUT2D eigenvalue weighted by atomic mass is 79.9. The standard InChI is InChI=1S/C10H7Br2ClN2S/c1-2-6-8(12)9(13)15-10(14-6)7-3-5(11)4-16-7/h3-4H,2H2,1H3. The smallest absolute Gasteiger partial charge is 0.171 e. The summed E-state index contributed by atoms with van der Waals surface area (Å²) < 4.78 is 1.82. The van der Waals surface area contributed by atoms with E-state index in [9.17, 15) is 0 Å². The normalized spacial score (nSPS) is 10.8. The first-order chi connectivity index (χ1) is 7.61. The predicted molar refractivity (Wildman–Crippen MR) is 75.1 cm³/mol. The Hall–Kier alpha value is 0.0300. The largest absolute Gasteiger partial charge is 0.231 e. The van der Waals surface area contributed by atoms with Crippen LogP contribution in [0.1, 0.15) is 12.6 Å². The SMILES string of the molecule is CCc1nc(-c2cc(Br)cs2)nc(Cl)c1Br. The Morgan fingerprint density at radius 3 is 2.69 bits per heavy atom. The molecule has 0 amide bonds. The molecule has 6 heteroatoms. The van der Waals surface area contributed by atoms with E-state index in [1.54, 1.807) is 11.3 Å². The van der Waals surface area contributed by atoms with Crippen molar-refractivity contribution in [2.45, 2.75) is 13.3 Å². The van der Waals surface area contributed by atoms with E-state index in [1.807, 2.05) is 18.4 Å². The first-order valence-electron chi connectivity index (χ1n) is 4.58. The summed E-state index contributed by atoms with van der Waals surface area (Å²) in [5, 5.41) is 2.46. The van der Waals surface area contributed by atoms with Gasteiger partial charge in [0.1, 0.15) is 5.15 Å². The third-order valence-electron chi connectivity index (χ3n) is 2.00. The summed E-state index contributed by atoms with van der Waals surface area (Å²) in [5.41, 5.74) is 0.930. The number of thiophene rings is 1. The molecule has 0 N–H and O–H groups in total. The lowest BCUT2D eigenvalue weighted by Crippen LogP contribution is -1.96. The average Bonchev–Trinajstić information content (AvgIpc) is 2.69. The second-order valence-electron chi connectivity index (χ2n) is 3.08. The van der Waals surface area contributed by atoms with Crippen LogP contribution in [0.25, 0.3) is 10.7 Å². The van der Waals surface area contributed by atoms with E-state index in [4.69, 9.17) is 11.6 Å².